The average molecular weight is 529 g/mol. The fourth-order valence-electron chi connectivity index (χ4n) is 4.92. The average Bonchev–Trinajstić information content (AvgIpc) is 3.39. The Morgan fingerprint density at radius 1 is 0.973 bits per heavy atom. The first kappa shape index (κ1) is 25.4. The van der Waals surface area contributed by atoms with Crippen LogP contribution in [0.25, 0.3) is 0 Å². The third-order valence-electron chi connectivity index (χ3n) is 7.23. The van der Waals surface area contributed by atoms with Gasteiger partial charge in [0.25, 0.3) is 11.8 Å². The standard InChI is InChI=1S/C27H27F3N4O2S/c1-18-20(15-19-5-7-21(8-6-19)27(28,29)30)3-2-4-23(18)25(35)34-16-22(17-34)32-10-12-33(13-11-32)26(36)24-31-9-14-37-24/h2-9,14,22H,10-13,15-17H2,1H3. The van der Waals surface area contributed by atoms with E-state index in [9.17, 15) is 22.8 Å². The van der Waals surface area contributed by atoms with Crippen molar-refractivity contribution in [2.24, 2.45) is 0 Å². The molecule has 0 atom stereocenters. The van der Waals surface area contributed by atoms with E-state index in [-0.39, 0.29) is 17.9 Å². The van der Waals surface area contributed by atoms with Crippen LogP contribution in [0.5, 0.6) is 0 Å². The van der Waals surface area contributed by atoms with Crippen molar-refractivity contribution in [1.82, 2.24) is 19.7 Å². The van der Waals surface area contributed by atoms with E-state index in [4.69, 9.17) is 0 Å². The molecule has 3 aromatic rings. The van der Waals surface area contributed by atoms with Gasteiger partial charge < -0.3 is 9.80 Å². The van der Waals surface area contributed by atoms with Crippen LogP contribution in [0.1, 0.15) is 42.4 Å². The predicted molar refractivity (Wildman–Crippen MR) is 135 cm³/mol. The Labute approximate surface area is 217 Å². The minimum atomic E-state index is -4.36. The molecule has 6 nitrogen and oxygen atoms in total. The molecule has 0 unspecified atom stereocenters. The van der Waals surface area contributed by atoms with Gasteiger partial charge in [0.15, 0.2) is 5.01 Å². The number of hydrogen-bond donors (Lipinski definition) is 0. The molecule has 0 N–H and O–H groups in total. The van der Waals surface area contributed by atoms with E-state index < -0.39 is 11.7 Å². The van der Waals surface area contributed by atoms with E-state index in [2.05, 4.69) is 9.88 Å². The Morgan fingerprint density at radius 2 is 1.68 bits per heavy atom. The Kier molecular flexibility index (Phi) is 7.04. The molecule has 0 spiro atoms. The van der Waals surface area contributed by atoms with Crippen molar-refractivity contribution in [1.29, 1.82) is 0 Å². The maximum absolute atomic E-state index is 13.2. The number of piperazine rings is 1. The van der Waals surface area contributed by atoms with E-state index in [1.165, 1.54) is 23.5 Å². The second kappa shape index (κ2) is 10.3. The van der Waals surface area contributed by atoms with Gasteiger partial charge in [-0.25, -0.2) is 4.98 Å². The maximum Gasteiger partial charge on any atom is 0.416 e. The van der Waals surface area contributed by atoms with Gasteiger partial charge in [0.05, 0.1) is 5.56 Å². The monoisotopic (exact) mass is 528 g/mol. The second-order valence-electron chi connectivity index (χ2n) is 9.49. The van der Waals surface area contributed by atoms with Gasteiger partial charge in [-0.1, -0.05) is 24.3 Å². The summed E-state index contributed by atoms with van der Waals surface area (Å²) in [6.45, 7) is 6.01. The second-order valence-corrected chi connectivity index (χ2v) is 10.4. The molecule has 0 bridgehead atoms. The lowest BCUT2D eigenvalue weighted by Crippen LogP contribution is -2.64. The summed E-state index contributed by atoms with van der Waals surface area (Å²) in [5.41, 5.74) is 2.49. The molecule has 2 aliphatic heterocycles. The molecule has 5 rings (SSSR count). The Morgan fingerprint density at radius 3 is 2.30 bits per heavy atom. The molecular formula is C27H27F3N4O2S. The number of alkyl halides is 3. The van der Waals surface area contributed by atoms with Crippen LogP contribution in [0.15, 0.2) is 54.0 Å². The highest BCUT2D eigenvalue weighted by molar-refractivity contribution is 7.11. The first-order chi connectivity index (χ1) is 17.7. The molecule has 1 aromatic heterocycles. The normalized spacial score (nSPS) is 17.1. The Bertz CT molecular complexity index is 1260. The number of amides is 2. The van der Waals surface area contributed by atoms with E-state index in [1.807, 2.05) is 34.9 Å². The number of aromatic nitrogens is 1. The molecular weight excluding hydrogens is 501 g/mol. The van der Waals surface area contributed by atoms with Crippen molar-refractivity contribution >= 4 is 23.2 Å². The molecule has 0 radical (unpaired) electrons. The summed E-state index contributed by atoms with van der Waals surface area (Å²) in [7, 11) is 0. The molecule has 194 valence electrons. The zero-order chi connectivity index (χ0) is 26.2. The lowest BCUT2D eigenvalue weighted by Gasteiger charge is -2.48. The number of carbonyl (C=O) groups is 2. The highest BCUT2D eigenvalue weighted by Crippen LogP contribution is 2.30. The third kappa shape index (κ3) is 5.40. The number of rotatable bonds is 5. The van der Waals surface area contributed by atoms with Gasteiger partial charge in [-0.2, -0.15) is 13.2 Å². The molecule has 2 amide bonds. The van der Waals surface area contributed by atoms with Crippen molar-refractivity contribution in [2.75, 3.05) is 39.3 Å². The van der Waals surface area contributed by atoms with Crippen LogP contribution in [-0.2, 0) is 12.6 Å². The molecule has 2 fully saturated rings. The summed E-state index contributed by atoms with van der Waals surface area (Å²) in [5, 5.41) is 2.32. The molecule has 0 aliphatic carbocycles. The summed E-state index contributed by atoms with van der Waals surface area (Å²) < 4.78 is 38.6. The van der Waals surface area contributed by atoms with Crippen molar-refractivity contribution in [3.63, 3.8) is 0 Å². The van der Waals surface area contributed by atoms with Gasteiger partial charge in [-0.15, -0.1) is 11.3 Å². The minimum Gasteiger partial charge on any atom is -0.335 e. The summed E-state index contributed by atoms with van der Waals surface area (Å²) in [6.07, 6.45) is -2.26. The molecule has 37 heavy (non-hydrogen) atoms. The molecule has 2 saturated heterocycles. The van der Waals surface area contributed by atoms with Crippen LogP contribution in [0, 0.1) is 6.92 Å². The number of benzene rings is 2. The van der Waals surface area contributed by atoms with Crippen molar-refractivity contribution < 1.29 is 22.8 Å². The largest absolute Gasteiger partial charge is 0.416 e. The van der Waals surface area contributed by atoms with Crippen LogP contribution in [0.3, 0.4) is 0 Å². The molecule has 3 heterocycles. The number of halogens is 3. The Hall–Kier alpha value is -3.24. The highest BCUT2D eigenvalue weighted by Gasteiger charge is 2.37. The maximum atomic E-state index is 13.2. The lowest BCUT2D eigenvalue weighted by molar-refractivity contribution is -0.137. The first-order valence-corrected chi connectivity index (χ1v) is 13.1. The van der Waals surface area contributed by atoms with E-state index in [0.29, 0.717) is 43.2 Å². The van der Waals surface area contributed by atoms with Crippen molar-refractivity contribution in [3.05, 3.63) is 86.9 Å². The van der Waals surface area contributed by atoms with E-state index in [1.54, 1.807) is 11.6 Å². The zero-order valence-corrected chi connectivity index (χ0v) is 21.2. The third-order valence-corrected chi connectivity index (χ3v) is 8.00. The highest BCUT2D eigenvalue weighted by atomic mass is 32.1. The predicted octanol–water partition coefficient (Wildman–Crippen LogP) is 4.34. The van der Waals surface area contributed by atoms with Crippen molar-refractivity contribution in [3.8, 4) is 0 Å². The quantitative estimate of drug-likeness (QED) is 0.495. The Balaban J connectivity index is 1.16. The minimum absolute atomic E-state index is 0.0216. The van der Waals surface area contributed by atoms with Gasteiger partial charge in [0.2, 0.25) is 0 Å². The fourth-order valence-corrected chi connectivity index (χ4v) is 5.52. The van der Waals surface area contributed by atoms with Crippen LogP contribution in [0.4, 0.5) is 13.2 Å². The summed E-state index contributed by atoms with van der Waals surface area (Å²) in [6, 6.07) is 11.0. The topological polar surface area (TPSA) is 56.8 Å². The van der Waals surface area contributed by atoms with Crippen LogP contribution in [-0.4, -0.2) is 76.8 Å². The van der Waals surface area contributed by atoms with E-state index in [0.717, 1.165) is 41.9 Å². The number of hydrogen-bond acceptors (Lipinski definition) is 5. The lowest BCUT2D eigenvalue weighted by atomic mass is 9.94. The summed E-state index contributed by atoms with van der Waals surface area (Å²) >= 11 is 1.35. The van der Waals surface area contributed by atoms with Crippen LogP contribution >= 0.6 is 11.3 Å². The van der Waals surface area contributed by atoms with E-state index >= 15 is 0 Å². The number of thiazole rings is 1. The zero-order valence-electron chi connectivity index (χ0n) is 20.4. The number of nitrogens with zero attached hydrogens (tertiary/aromatic N) is 4. The van der Waals surface area contributed by atoms with Gasteiger partial charge in [0.1, 0.15) is 0 Å². The molecule has 10 heteroatoms. The molecule has 2 aliphatic rings. The number of likely N-dealkylation sites (tertiary alicyclic amines) is 1. The van der Waals surface area contributed by atoms with Gasteiger partial charge in [-0.3, -0.25) is 14.5 Å². The van der Waals surface area contributed by atoms with Gasteiger partial charge in [-0.05, 0) is 48.2 Å². The molecule has 0 saturated carbocycles. The van der Waals surface area contributed by atoms with Gasteiger partial charge >= 0.3 is 6.18 Å². The smallest absolute Gasteiger partial charge is 0.335 e. The van der Waals surface area contributed by atoms with Gasteiger partial charge in [0, 0.05) is 62.5 Å². The summed E-state index contributed by atoms with van der Waals surface area (Å²) in [5.74, 6) is -0.0488. The SMILES string of the molecule is Cc1c(Cc2ccc(C(F)(F)F)cc2)cccc1C(=O)N1CC(N2CCN(C(=O)c3nccs3)CC2)C1. The first-order valence-electron chi connectivity index (χ1n) is 12.2. The molecule has 2 aromatic carbocycles. The fraction of sp³-hybridized carbons (Fsp3) is 0.370. The summed E-state index contributed by atoms with van der Waals surface area (Å²) in [4.78, 5) is 35.9. The van der Waals surface area contributed by atoms with Crippen LogP contribution in [0.2, 0.25) is 0 Å². The number of carbonyl (C=O) groups excluding carboxylic acids is 2. The van der Waals surface area contributed by atoms with Crippen LogP contribution < -0.4 is 0 Å². The van der Waals surface area contributed by atoms with Crippen molar-refractivity contribution in [2.45, 2.75) is 25.6 Å².